The number of benzene rings is 1. The fourth-order valence-electron chi connectivity index (χ4n) is 2.55. The highest BCUT2D eigenvalue weighted by Gasteiger charge is 2.27. The van der Waals surface area contributed by atoms with Crippen LogP contribution in [0, 0.1) is 17.0 Å². The van der Waals surface area contributed by atoms with Crippen molar-refractivity contribution in [3.63, 3.8) is 0 Å². The van der Waals surface area contributed by atoms with Gasteiger partial charge in [-0.05, 0) is 48.2 Å². The maximum Gasteiger partial charge on any atom is 0.273 e. The standard InChI is InChI=1S/C13H17BrN2O3/c1-8-6-11(9(14)7-12(8)16(17)18)15-10-4-3-5-13(10)19-2/h6-7,10,13,15H,3-5H2,1-2H3. The first-order chi connectivity index (χ1) is 9.02. The molecule has 5 nitrogen and oxygen atoms in total. The lowest BCUT2D eigenvalue weighted by Gasteiger charge is -2.21. The zero-order chi connectivity index (χ0) is 14.0. The molecular formula is C13H17BrN2O3. The Morgan fingerprint density at radius 3 is 2.84 bits per heavy atom. The number of nitro benzene ring substituents is 1. The van der Waals surface area contributed by atoms with Crippen LogP contribution in [0.1, 0.15) is 24.8 Å². The van der Waals surface area contributed by atoms with E-state index in [9.17, 15) is 10.1 Å². The predicted octanol–water partition coefficient (Wildman–Crippen LogP) is 3.65. The number of anilines is 1. The molecule has 19 heavy (non-hydrogen) atoms. The lowest BCUT2D eigenvalue weighted by atomic mass is 10.1. The van der Waals surface area contributed by atoms with Crippen LogP contribution in [0.25, 0.3) is 0 Å². The van der Waals surface area contributed by atoms with Crippen molar-refractivity contribution in [2.24, 2.45) is 0 Å². The van der Waals surface area contributed by atoms with E-state index in [2.05, 4.69) is 21.2 Å². The van der Waals surface area contributed by atoms with Crippen molar-refractivity contribution < 1.29 is 9.66 Å². The molecule has 1 aromatic rings. The van der Waals surface area contributed by atoms with Crippen LogP contribution in [-0.2, 0) is 4.74 Å². The number of aryl methyl sites for hydroxylation is 1. The fourth-order valence-corrected chi connectivity index (χ4v) is 3.00. The van der Waals surface area contributed by atoms with Crippen molar-refractivity contribution in [2.75, 3.05) is 12.4 Å². The number of rotatable bonds is 4. The second-order valence-corrected chi connectivity index (χ2v) is 5.69. The molecule has 1 N–H and O–H groups in total. The second-order valence-electron chi connectivity index (χ2n) is 4.83. The van der Waals surface area contributed by atoms with Crippen LogP contribution in [-0.4, -0.2) is 24.2 Å². The van der Waals surface area contributed by atoms with Crippen molar-refractivity contribution >= 4 is 27.3 Å². The molecule has 1 aliphatic rings. The zero-order valence-corrected chi connectivity index (χ0v) is 12.6. The summed E-state index contributed by atoms with van der Waals surface area (Å²) in [5, 5.41) is 14.3. The Balaban J connectivity index is 2.21. The minimum absolute atomic E-state index is 0.132. The van der Waals surface area contributed by atoms with Crippen molar-refractivity contribution in [1.29, 1.82) is 0 Å². The summed E-state index contributed by atoms with van der Waals surface area (Å²) in [6, 6.07) is 3.63. The molecule has 1 fully saturated rings. The smallest absolute Gasteiger partial charge is 0.273 e. The van der Waals surface area contributed by atoms with Gasteiger partial charge in [0.1, 0.15) is 0 Å². The minimum Gasteiger partial charge on any atom is -0.379 e. The van der Waals surface area contributed by atoms with Gasteiger partial charge in [0.15, 0.2) is 0 Å². The van der Waals surface area contributed by atoms with E-state index in [0.717, 1.165) is 24.9 Å². The van der Waals surface area contributed by atoms with Crippen LogP contribution in [0.3, 0.4) is 0 Å². The van der Waals surface area contributed by atoms with Gasteiger partial charge in [0, 0.05) is 28.9 Å². The largest absolute Gasteiger partial charge is 0.379 e. The molecule has 0 heterocycles. The van der Waals surface area contributed by atoms with Gasteiger partial charge in [0.05, 0.1) is 17.1 Å². The van der Waals surface area contributed by atoms with Crippen LogP contribution in [0.5, 0.6) is 0 Å². The molecule has 1 saturated carbocycles. The Bertz CT molecular complexity index is 493. The Morgan fingerprint density at radius 2 is 2.21 bits per heavy atom. The first-order valence-corrected chi connectivity index (χ1v) is 7.06. The Kier molecular flexibility index (Phi) is 4.42. The molecule has 104 valence electrons. The Morgan fingerprint density at radius 1 is 1.47 bits per heavy atom. The molecule has 1 aliphatic carbocycles. The van der Waals surface area contributed by atoms with Gasteiger partial charge in [0.25, 0.3) is 5.69 Å². The van der Waals surface area contributed by atoms with Crippen LogP contribution < -0.4 is 5.32 Å². The second kappa shape index (κ2) is 5.88. The maximum absolute atomic E-state index is 10.9. The first kappa shape index (κ1) is 14.3. The topological polar surface area (TPSA) is 64.4 Å². The Labute approximate surface area is 120 Å². The average Bonchev–Trinajstić information content (AvgIpc) is 2.80. The summed E-state index contributed by atoms with van der Waals surface area (Å²) < 4.78 is 6.16. The third-order valence-corrected chi connectivity index (χ3v) is 4.23. The zero-order valence-electron chi connectivity index (χ0n) is 11.0. The van der Waals surface area contributed by atoms with Gasteiger partial charge < -0.3 is 10.1 Å². The van der Waals surface area contributed by atoms with Crippen molar-refractivity contribution in [3.8, 4) is 0 Å². The summed E-state index contributed by atoms with van der Waals surface area (Å²) >= 11 is 3.39. The summed E-state index contributed by atoms with van der Waals surface area (Å²) in [5.41, 5.74) is 1.67. The van der Waals surface area contributed by atoms with E-state index in [1.54, 1.807) is 20.1 Å². The first-order valence-electron chi connectivity index (χ1n) is 6.26. The Hall–Kier alpha value is -1.14. The van der Waals surface area contributed by atoms with E-state index in [4.69, 9.17) is 4.74 Å². The van der Waals surface area contributed by atoms with Gasteiger partial charge in [-0.15, -0.1) is 0 Å². The lowest BCUT2D eigenvalue weighted by molar-refractivity contribution is -0.385. The third kappa shape index (κ3) is 3.06. The van der Waals surface area contributed by atoms with Crippen LogP contribution in [0.4, 0.5) is 11.4 Å². The quantitative estimate of drug-likeness (QED) is 0.676. The predicted molar refractivity (Wildman–Crippen MR) is 77.6 cm³/mol. The van der Waals surface area contributed by atoms with E-state index in [0.29, 0.717) is 10.0 Å². The van der Waals surface area contributed by atoms with Crippen molar-refractivity contribution in [2.45, 2.75) is 38.3 Å². The summed E-state index contributed by atoms with van der Waals surface area (Å²) in [5.74, 6) is 0. The summed E-state index contributed by atoms with van der Waals surface area (Å²) in [7, 11) is 1.72. The number of nitro groups is 1. The van der Waals surface area contributed by atoms with E-state index in [1.807, 2.05) is 6.07 Å². The van der Waals surface area contributed by atoms with Gasteiger partial charge >= 0.3 is 0 Å². The van der Waals surface area contributed by atoms with Gasteiger partial charge in [-0.25, -0.2) is 0 Å². The van der Waals surface area contributed by atoms with Gasteiger partial charge in [-0.1, -0.05) is 0 Å². The monoisotopic (exact) mass is 328 g/mol. The highest BCUT2D eigenvalue weighted by atomic mass is 79.9. The van der Waals surface area contributed by atoms with Gasteiger partial charge in [0.2, 0.25) is 0 Å². The molecule has 0 bridgehead atoms. The highest BCUT2D eigenvalue weighted by Crippen LogP contribution is 2.33. The lowest BCUT2D eigenvalue weighted by Crippen LogP contribution is -2.29. The van der Waals surface area contributed by atoms with Gasteiger partial charge in [-0.2, -0.15) is 0 Å². The van der Waals surface area contributed by atoms with Crippen molar-refractivity contribution in [3.05, 3.63) is 32.3 Å². The molecule has 2 unspecified atom stereocenters. The minimum atomic E-state index is -0.364. The van der Waals surface area contributed by atoms with E-state index in [-0.39, 0.29) is 22.8 Å². The SMILES string of the molecule is COC1CCCC1Nc1cc(C)c([N+](=O)[O-])cc1Br. The summed E-state index contributed by atoms with van der Waals surface area (Å²) in [6.07, 6.45) is 3.46. The molecule has 0 spiro atoms. The number of nitrogens with zero attached hydrogens (tertiary/aromatic N) is 1. The van der Waals surface area contributed by atoms with Gasteiger partial charge in [-0.3, -0.25) is 10.1 Å². The molecular weight excluding hydrogens is 312 g/mol. The van der Waals surface area contributed by atoms with E-state index >= 15 is 0 Å². The molecule has 6 heteroatoms. The van der Waals surface area contributed by atoms with E-state index < -0.39 is 0 Å². The average molecular weight is 329 g/mol. The number of methoxy groups -OCH3 is 1. The third-order valence-electron chi connectivity index (χ3n) is 3.58. The highest BCUT2D eigenvalue weighted by molar-refractivity contribution is 9.10. The molecule has 1 aromatic carbocycles. The number of ether oxygens (including phenoxy) is 1. The van der Waals surface area contributed by atoms with Crippen LogP contribution in [0.15, 0.2) is 16.6 Å². The number of hydrogen-bond acceptors (Lipinski definition) is 4. The summed E-state index contributed by atoms with van der Waals surface area (Å²) in [4.78, 5) is 10.5. The molecule has 0 radical (unpaired) electrons. The summed E-state index contributed by atoms with van der Waals surface area (Å²) in [6.45, 7) is 1.75. The molecule has 2 rings (SSSR count). The molecule has 0 amide bonds. The van der Waals surface area contributed by atoms with Crippen LogP contribution >= 0.6 is 15.9 Å². The van der Waals surface area contributed by atoms with Crippen molar-refractivity contribution in [1.82, 2.24) is 0 Å². The normalized spacial score (nSPS) is 22.5. The molecule has 0 saturated heterocycles. The number of nitrogens with one attached hydrogen (secondary N) is 1. The number of hydrogen-bond donors (Lipinski definition) is 1. The molecule has 0 aliphatic heterocycles. The molecule has 2 atom stereocenters. The number of halogens is 1. The van der Waals surface area contributed by atoms with E-state index in [1.165, 1.54) is 0 Å². The fraction of sp³-hybridized carbons (Fsp3) is 0.538. The van der Waals surface area contributed by atoms with Crippen LogP contribution in [0.2, 0.25) is 0 Å². The maximum atomic E-state index is 10.9. The molecule has 0 aromatic heterocycles.